The Labute approximate surface area is 126 Å². The van der Waals surface area contributed by atoms with E-state index < -0.39 is 0 Å². The molecule has 0 amide bonds. The van der Waals surface area contributed by atoms with E-state index in [0.717, 1.165) is 55.5 Å². The van der Waals surface area contributed by atoms with Gasteiger partial charge in [0.15, 0.2) is 5.76 Å². The smallest absolute Gasteiger partial charge is 0.152 e. The molecule has 2 aromatic rings. The predicted octanol–water partition coefficient (Wildman–Crippen LogP) is 3.13. The van der Waals surface area contributed by atoms with Gasteiger partial charge in [-0.05, 0) is 37.9 Å². The lowest BCUT2D eigenvalue weighted by Crippen LogP contribution is -2.17. The summed E-state index contributed by atoms with van der Waals surface area (Å²) in [5.74, 6) is 2.34. The predicted molar refractivity (Wildman–Crippen MR) is 83.0 cm³/mol. The zero-order valence-electron chi connectivity index (χ0n) is 13.1. The highest BCUT2D eigenvalue weighted by Crippen LogP contribution is 2.23. The summed E-state index contributed by atoms with van der Waals surface area (Å²) in [7, 11) is 0. The van der Waals surface area contributed by atoms with Crippen molar-refractivity contribution < 1.29 is 9.15 Å². The van der Waals surface area contributed by atoms with Gasteiger partial charge in [0.25, 0.3) is 0 Å². The minimum Gasteiger partial charge on any atom is -0.460 e. The molecule has 0 aromatic carbocycles. The number of rotatable bonds is 9. The summed E-state index contributed by atoms with van der Waals surface area (Å²) in [5, 5.41) is 10.5. The third kappa shape index (κ3) is 5.02. The van der Waals surface area contributed by atoms with Crippen LogP contribution in [0.1, 0.15) is 31.6 Å². The lowest BCUT2D eigenvalue weighted by Gasteiger charge is -2.07. The fraction of sp³-hybridized carbons (Fsp3) is 0.562. The van der Waals surface area contributed by atoms with E-state index in [2.05, 4.69) is 29.4 Å². The molecule has 2 rings (SSSR count). The number of nitrogens with zero attached hydrogens (tertiary/aromatic N) is 1. The van der Waals surface area contributed by atoms with Crippen LogP contribution in [-0.2, 0) is 11.3 Å². The second-order valence-corrected chi connectivity index (χ2v) is 5.68. The first-order valence-electron chi connectivity index (χ1n) is 7.54. The van der Waals surface area contributed by atoms with Crippen molar-refractivity contribution in [1.82, 2.24) is 15.5 Å². The topological polar surface area (TPSA) is 63.1 Å². The molecule has 0 radical (unpaired) electrons. The SMILES string of the molecule is Cc1ccc(-c2[nH]ncc2CNCCCOCC(C)C)o1. The lowest BCUT2D eigenvalue weighted by molar-refractivity contribution is 0.108. The molecule has 5 nitrogen and oxygen atoms in total. The van der Waals surface area contributed by atoms with Gasteiger partial charge in [-0.1, -0.05) is 13.8 Å². The van der Waals surface area contributed by atoms with Crippen molar-refractivity contribution in [2.45, 2.75) is 33.7 Å². The number of H-pyrrole nitrogens is 1. The van der Waals surface area contributed by atoms with Gasteiger partial charge in [-0.25, -0.2) is 0 Å². The highest BCUT2D eigenvalue weighted by atomic mass is 16.5. The first-order valence-corrected chi connectivity index (χ1v) is 7.54. The Balaban J connectivity index is 1.71. The van der Waals surface area contributed by atoms with Gasteiger partial charge < -0.3 is 14.5 Å². The molecule has 0 fully saturated rings. The number of nitrogens with one attached hydrogen (secondary N) is 2. The van der Waals surface area contributed by atoms with Crippen LogP contribution >= 0.6 is 0 Å². The Bertz CT molecular complexity index is 531. The quantitative estimate of drug-likeness (QED) is 0.697. The van der Waals surface area contributed by atoms with Crippen LogP contribution in [0.5, 0.6) is 0 Å². The first kappa shape index (κ1) is 15.8. The third-order valence-corrected chi connectivity index (χ3v) is 3.11. The zero-order valence-corrected chi connectivity index (χ0v) is 13.1. The van der Waals surface area contributed by atoms with Gasteiger partial charge in [0, 0.05) is 25.3 Å². The molecule has 21 heavy (non-hydrogen) atoms. The van der Waals surface area contributed by atoms with E-state index in [1.54, 1.807) is 0 Å². The van der Waals surface area contributed by atoms with Crippen LogP contribution in [0, 0.1) is 12.8 Å². The number of aryl methyl sites for hydroxylation is 1. The molecule has 116 valence electrons. The lowest BCUT2D eigenvalue weighted by atomic mass is 10.2. The Morgan fingerprint density at radius 2 is 2.24 bits per heavy atom. The number of hydrogen-bond acceptors (Lipinski definition) is 4. The second kappa shape index (κ2) is 8.00. The van der Waals surface area contributed by atoms with Gasteiger partial charge in [0.2, 0.25) is 0 Å². The van der Waals surface area contributed by atoms with Crippen LogP contribution in [0.25, 0.3) is 11.5 Å². The maximum atomic E-state index is 5.63. The Morgan fingerprint density at radius 3 is 2.95 bits per heavy atom. The molecule has 0 saturated heterocycles. The summed E-state index contributed by atoms with van der Waals surface area (Å²) >= 11 is 0. The molecule has 0 aliphatic rings. The maximum absolute atomic E-state index is 5.63. The third-order valence-electron chi connectivity index (χ3n) is 3.11. The summed E-state index contributed by atoms with van der Waals surface area (Å²) in [6, 6.07) is 3.92. The molecule has 0 saturated carbocycles. The average molecular weight is 291 g/mol. The highest BCUT2D eigenvalue weighted by molar-refractivity contribution is 5.56. The monoisotopic (exact) mass is 291 g/mol. The Hall–Kier alpha value is -1.59. The van der Waals surface area contributed by atoms with Crippen molar-refractivity contribution in [3.8, 4) is 11.5 Å². The van der Waals surface area contributed by atoms with Crippen molar-refractivity contribution in [3.63, 3.8) is 0 Å². The fourth-order valence-electron chi connectivity index (χ4n) is 2.07. The van der Waals surface area contributed by atoms with Gasteiger partial charge in [0.05, 0.1) is 6.20 Å². The van der Waals surface area contributed by atoms with Crippen LogP contribution < -0.4 is 5.32 Å². The van der Waals surface area contributed by atoms with E-state index in [-0.39, 0.29) is 0 Å². The minimum absolute atomic E-state index is 0.600. The summed E-state index contributed by atoms with van der Waals surface area (Å²) in [5.41, 5.74) is 2.07. The van der Waals surface area contributed by atoms with E-state index in [0.29, 0.717) is 5.92 Å². The van der Waals surface area contributed by atoms with Crippen LogP contribution in [0.2, 0.25) is 0 Å². The molecular weight excluding hydrogens is 266 g/mol. The normalized spacial score (nSPS) is 11.4. The maximum Gasteiger partial charge on any atom is 0.152 e. The minimum atomic E-state index is 0.600. The molecule has 0 aliphatic carbocycles. The summed E-state index contributed by atoms with van der Waals surface area (Å²) in [4.78, 5) is 0. The molecule has 0 unspecified atom stereocenters. The molecule has 0 spiro atoms. The Kier molecular flexibility index (Phi) is 6.02. The second-order valence-electron chi connectivity index (χ2n) is 5.68. The van der Waals surface area contributed by atoms with E-state index in [4.69, 9.17) is 9.15 Å². The highest BCUT2D eigenvalue weighted by Gasteiger charge is 2.10. The Morgan fingerprint density at radius 1 is 1.38 bits per heavy atom. The van der Waals surface area contributed by atoms with Crippen molar-refractivity contribution in [2.75, 3.05) is 19.8 Å². The van der Waals surface area contributed by atoms with Gasteiger partial charge >= 0.3 is 0 Å². The molecule has 2 aromatic heterocycles. The van der Waals surface area contributed by atoms with Crippen LogP contribution in [-0.4, -0.2) is 30.0 Å². The summed E-state index contributed by atoms with van der Waals surface area (Å²) in [6.45, 7) is 9.61. The van der Waals surface area contributed by atoms with Crippen molar-refractivity contribution >= 4 is 0 Å². The molecule has 0 atom stereocenters. The standard InChI is InChI=1S/C16H25N3O2/c1-12(2)11-20-8-4-7-17-9-14-10-18-19-16(14)15-6-5-13(3)21-15/h5-6,10,12,17H,4,7-9,11H2,1-3H3,(H,18,19). The van der Waals surface area contributed by atoms with E-state index >= 15 is 0 Å². The molecule has 2 N–H and O–H groups in total. The first-order chi connectivity index (χ1) is 10.2. The van der Waals surface area contributed by atoms with E-state index in [1.807, 2.05) is 25.3 Å². The molecule has 2 heterocycles. The molecule has 5 heteroatoms. The van der Waals surface area contributed by atoms with E-state index in [1.165, 1.54) is 0 Å². The number of hydrogen-bond donors (Lipinski definition) is 2. The molecule has 0 aliphatic heterocycles. The van der Waals surface area contributed by atoms with Gasteiger partial charge in [-0.15, -0.1) is 0 Å². The van der Waals surface area contributed by atoms with Gasteiger partial charge in [-0.2, -0.15) is 5.10 Å². The number of furan rings is 1. The van der Waals surface area contributed by atoms with Gasteiger partial charge in [-0.3, -0.25) is 5.10 Å². The average Bonchev–Trinajstić information content (AvgIpc) is 3.05. The fourth-order valence-corrected chi connectivity index (χ4v) is 2.07. The largest absolute Gasteiger partial charge is 0.460 e. The van der Waals surface area contributed by atoms with Crippen LogP contribution in [0.3, 0.4) is 0 Å². The van der Waals surface area contributed by atoms with E-state index in [9.17, 15) is 0 Å². The van der Waals surface area contributed by atoms with Crippen molar-refractivity contribution in [1.29, 1.82) is 0 Å². The molecular formula is C16H25N3O2. The van der Waals surface area contributed by atoms with Crippen LogP contribution in [0.15, 0.2) is 22.7 Å². The van der Waals surface area contributed by atoms with Crippen LogP contribution in [0.4, 0.5) is 0 Å². The summed E-state index contributed by atoms with van der Waals surface area (Å²) < 4.78 is 11.2. The van der Waals surface area contributed by atoms with Crippen molar-refractivity contribution in [3.05, 3.63) is 29.7 Å². The van der Waals surface area contributed by atoms with Gasteiger partial charge in [0.1, 0.15) is 11.5 Å². The number of aromatic nitrogens is 2. The van der Waals surface area contributed by atoms with Crippen molar-refractivity contribution in [2.24, 2.45) is 5.92 Å². The zero-order chi connectivity index (χ0) is 15.1. The molecule has 0 bridgehead atoms. The number of aromatic amines is 1. The summed E-state index contributed by atoms with van der Waals surface area (Å²) in [6.07, 6.45) is 2.86. The number of ether oxygens (including phenoxy) is 1.